The fraction of sp³-hybridized carbons (Fsp3) is 0.500. The van der Waals surface area contributed by atoms with Crippen LogP contribution in [0.15, 0.2) is 23.1 Å². The van der Waals surface area contributed by atoms with Crippen LogP contribution in [0.4, 0.5) is 4.39 Å². The van der Waals surface area contributed by atoms with Crippen molar-refractivity contribution in [1.82, 2.24) is 4.72 Å². The SMILES string of the molecule is CC(NS(=O)(=O)c1c(F)cccc1Cl)C1CCOC1. The quantitative estimate of drug-likeness (QED) is 0.927. The van der Waals surface area contributed by atoms with Crippen LogP contribution in [0.1, 0.15) is 13.3 Å². The maximum absolute atomic E-state index is 13.6. The molecule has 0 bridgehead atoms. The van der Waals surface area contributed by atoms with Crippen LogP contribution >= 0.6 is 11.6 Å². The van der Waals surface area contributed by atoms with Crippen LogP contribution < -0.4 is 4.72 Å². The van der Waals surface area contributed by atoms with Gasteiger partial charge < -0.3 is 4.74 Å². The highest BCUT2D eigenvalue weighted by Crippen LogP contribution is 2.25. The summed E-state index contributed by atoms with van der Waals surface area (Å²) in [5, 5.41) is -0.123. The second-order valence-corrected chi connectivity index (χ2v) is 6.64. The number of hydrogen-bond donors (Lipinski definition) is 1. The smallest absolute Gasteiger partial charge is 0.245 e. The van der Waals surface area contributed by atoms with E-state index in [4.69, 9.17) is 16.3 Å². The van der Waals surface area contributed by atoms with Gasteiger partial charge in [0.1, 0.15) is 10.7 Å². The highest BCUT2D eigenvalue weighted by Gasteiger charge is 2.29. The first-order valence-electron chi connectivity index (χ1n) is 5.96. The third-order valence-electron chi connectivity index (χ3n) is 3.20. The first-order valence-corrected chi connectivity index (χ1v) is 7.82. The molecule has 7 heteroatoms. The van der Waals surface area contributed by atoms with Gasteiger partial charge in [-0.15, -0.1) is 0 Å². The third-order valence-corrected chi connectivity index (χ3v) is 5.26. The summed E-state index contributed by atoms with van der Waals surface area (Å²) in [6, 6.07) is 3.46. The van der Waals surface area contributed by atoms with Crippen LogP contribution in [0, 0.1) is 11.7 Å². The predicted octanol–water partition coefficient (Wildman–Crippen LogP) is 2.18. The van der Waals surface area contributed by atoms with E-state index >= 15 is 0 Å². The molecule has 1 aromatic rings. The van der Waals surface area contributed by atoms with Gasteiger partial charge in [0.15, 0.2) is 0 Å². The fourth-order valence-electron chi connectivity index (χ4n) is 2.09. The average Bonchev–Trinajstić information content (AvgIpc) is 2.80. The lowest BCUT2D eigenvalue weighted by atomic mass is 10.0. The molecule has 0 spiro atoms. The molecule has 4 nitrogen and oxygen atoms in total. The molecule has 19 heavy (non-hydrogen) atoms. The van der Waals surface area contributed by atoms with Gasteiger partial charge in [-0.05, 0) is 25.5 Å². The summed E-state index contributed by atoms with van der Waals surface area (Å²) in [6.07, 6.45) is 0.786. The zero-order chi connectivity index (χ0) is 14.0. The van der Waals surface area contributed by atoms with Gasteiger partial charge in [-0.3, -0.25) is 0 Å². The Morgan fingerprint density at radius 3 is 2.84 bits per heavy atom. The Kier molecular flexibility index (Phi) is 4.45. The van der Waals surface area contributed by atoms with E-state index < -0.39 is 20.7 Å². The van der Waals surface area contributed by atoms with Crippen molar-refractivity contribution in [3.05, 3.63) is 29.0 Å². The number of rotatable bonds is 4. The molecule has 1 saturated heterocycles. The first kappa shape index (κ1) is 14.7. The number of benzene rings is 1. The van der Waals surface area contributed by atoms with Crippen LogP contribution in [0.5, 0.6) is 0 Å². The lowest BCUT2D eigenvalue weighted by Gasteiger charge is -2.19. The van der Waals surface area contributed by atoms with Crippen molar-refractivity contribution in [3.8, 4) is 0 Å². The molecule has 1 aliphatic heterocycles. The molecule has 0 aliphatic carbocycles. The van der Waals surface area contributed by atoms with Gasteiger partial charge in [0.2, 0.25) is 10.0 Å². The number of halogens is 2. The molecule has 2 atom stereocenters. The highest BCUT2D eigenvalue weighted by atomic mass is 35.5. The van der Waals surface area contributed by atoms with E-state index in [0.29, 0.717) is 13.2 Å². The van der Waals surface area contributed by atoms with Gasteiger partial charge in [0, 0.05) is 18.6 Å². The Balaban J connectivity index is 2.22. The molecule has 0 saturated carbocycles. The maximum Gasteiger partial charge on any atom is 0.245 e. The topological polar surface area (TPSA) is 55.4 Å². The van der Waals surface area contributed by atoms with Crippen molar-refractivity contribution >= 4 is 21.6 Å². The predicted molar refractivity (Wildman–Crippen MR) is 70.1 cm³/mol. The van der Waals surface area contributed by atoms with E-state index in [1.165, 1.54) is 12.1 Å². The number of nitrogens with one attached hydrogen (secondary N) is 1. The van der Waals surface area contributed by atoms with Crippen molar-refractivity contribution in [2.45, 2.75) is 24.3 Å². The van der Waals surface area contributed by atoms with Crippen molar-refractivity contribution in [1.29, 1.82) is 0 Å². The summed E-state index contributed by atoms with van der Waals surface area (Å²) in [5.74, 6) is -0.754. The second kappa shape index (κ2) is 5.75. The third kappa shape index (κ3) is 3.25. The van der Waals surface area contributed by atoms with E-state index in [0.717, 1.165) is 12.5 Å². The largest absolute Gasteiger partial charge is 0.381 e. The van der Waals surface area contributed by atoms with Crippen LogP contribution in [0.25, 0.3) is 0 Å². The molecule has 0 amide bonds. The van der Waals surface area contributed by atoms with Crippen LogP contribution in [-0.2, 0) is 14.8 Å². The lowest BCUT2D eigenvalue weighted by molar-refractivity contribution is 0.180. The van der Waals surface area contributed by atoms with Crippen molar-refractivity contribution in [2.75, 3.05) is 13.2 Å². The summed E-state index contributed by atoms with van der Waals surface area (Å²) in [4.78, 5) is -0.498. The Morgan fingerprint density at radius 2 is 2.26 bits per heavy atom. The molecular formula is C12H15ClFNO3S. The minimum Gasteiger partial charge on any atom is -0.381 e. The Bertz CT molecular complexity index is 538. The molecule has 1 heterocycles. The maximum atomic E-state index is 13.6. The molecule has 2 unspecified atom stereocenters. The Hall–Kier alpha value is -0.690. The zero-order valence-corrected chi connectivity index (χ0v) is 12.0. The molecule has 106 valence electrons. The molecule has 2 rings (SSSR count). The fourth-order valence-corrected chi connectivity index (χ4v) is 4.00. The summed E-state index contributed by atoms with van der Waals surface area (Å²) in [6.45, 7) is 2.87. The Labute approximate surface area is 117 Å². The summed E-state index contributed by atoms with van der Waals surface area (Å²) in [5.41, 5.74) is 0. The van der Waals surface area contributed by atoms with E-state index in [-0.39, 0.29) is 17.0 Å². The van der Waals surface area contributed by atoms with Crippen molar-refractivity contribution in [2.24, 2.45) is 5.92 Å². The van der Waals surface area contributed by atoms with Crippen molar-refractivity contribution < 1.29 is 17.5 Å². The normalized spacial score (nSPS) is 21.5. The first-order chi connectivity index (χ1) is 8.92. The van der Waals surface area contributed by atoms with Gasteiger partial charge in [-0.25, -0.2) is 17.5 Å². The number of sulfonamides is 1. The zero-order valence-electron chi connectivity index (χ0n) is 10.4. The van der Waals surface area contributed by atoms with Gasteiger partial charge in [0.05, 0.1) is 11.6 Å². The molecule has 1 N–H and O–H groups in total. The number of hydrogen-bond acceptors (Lipinski definition) is 3. The minimum atomic E-state index is -3.97. The van der Waals surface area contributed by atoms with Gasteiger partial charge in [-0.2, -0.15) is 0 Å². The lowest BCUT2D eigenvalue weighted by Crippen LogP contribution is -2.38. The molecule has 0 radical (unpaired) electrons. The van der Waals surface area contributed by atoms with Crippen molar-refractivity contribution in [3.63, 3.8) is 0 Å². The monoisotopic (exact) mass is 307 g/mol. The molecular weight excluding hydrogens is 293 g/mol. The molecule has 1 fully saturated rings. The minimum absolute atomic E-state index is 0.0975. The molecule has 1 aromatic carbocycles. The van der Waals surface area contributed by atoms with E-state index in [2.05, 4.69) is 4.72 Å². The second-order valence-electron chi connectivity index (χ2n) is 4.58. The number of ether oxygens (including phenoxy) is 1. The Morgan fingerprint density at radius 1 is 1.53 bits per heavy atom. The molecule has 1 aliphatic rings. The molecule has 0 aromatic heterocycles. The van der Waals surface area contributed by atoms with Gasteiger partial charge in [0.25, 0.3) is 0 Å². The average molecular weight is 308 g/mol. The van der Waals surface area contributed by atoms with E-state index in [9.17, 15) is 12.8 Å². The highest BCUT2D eigenvalue weighted by molar-refractivity contribution is 7.89. The van der Waals surface area contributed by atoms with Crippen LogP contribution in [-0.4, -0.2) is 27.7 Å². The van der Waals surface area contributed by atoms with Crippen LogP contribution in [0.3, 0.4) is 0 Å². The van der Waals surface area contributed by atoms with Gasteiger partial charge in [-0.1, -0.05) is 17.7 Å². The summed E-state index contributed by atoms with van der Waals surface area (Å²) >= 11 is 5.77. The van der Waals surface area contributed by atoms with Crippen LogP contribution in [0.2, 0.25) is 5.02 Å². The van der Waals surface area contributed by atoms with E-state index in [1.54, 1.807) is 6.92 Å². The standard InChI is InChI=1S/C12H15ClFNO3S/c1-8(9-5-6-18-7-9)15-19(16,17)12-10(13)3-2-4-11(12)14/h2-4,8-9,15H,5-7H2,1H3. The summed E-state index contributed by atoms with van der Waals surface area (Å²) in [7, 11) is -3.97. The van der Waals surface area contributed by atoms with Gasteiger partial charge >= 0.3 is 0 Å². The summed E-state index contributed by atoms with van der Waals surface area (Å²) < 4.78 is 45.6. The van der Waals surface area contributed by atoms with E-state index in [1.807, 2.05) is 0 Å².